The molecular formula is C27H33N5O2S. The summed E-state index contributed by atoms with van der Waals surface area (Å²) in [5.74, 6) is 2.14. The lowest BCUT2D eigenvalue weighted by atomic mass is 9.95. The average Bonchev–Trinajstić information content (AvgIpc) is 3.38. The minimum absolute atomic E-state index is 0.121. The van der Waals surface area contributed by atoms with Gasteiger partial charge in [0.25, 0.3) is 0 Å². The average molecular weight is 492 g/mol. The maximum atomic E-state index is 13.2. The number of ether oxygens (including phenoxy) is 1. The molecule has 2 aromatic carbocycles. The molecule has 2 saturated heterocycles. The van der Waals surface area contributed by atoms with Gasteiger partial charge < -0.3 is 14.5 Å². The largest absolute Gasteiger partial charge is 0.497 e. The highest BCUT2D eigenvalue weighted by molar-refractivity contribution is 7.09. The fourth-order valence-corrected chi connectivity index (χ4v) is 5.69. The number of hydrogen-bond donors (Lipinski definition) is 0. The smallest absolute Gasteiger partial charge is 0.225 e. The molecule has 1 amide bonds. The Kier molecular flexibility index (Phi) is 7.59. The SMILES string of the molecule is COc1cccc(Cc2nsc(N3CCC(C(=O)N4CCN(Cc5ccccc5)CC4)CC3)n2)c1. The molecule has 35 heavy (non-hydrogen) atoms. The minimum Gasteiger partial charge on any atom is -0.497 e. The first-order valence-electron chi connectivity index (χ1n) is 12.4. The van der Waals surface area contributed by atoms with E-state index in [2.05, 4.69) is 55.5 Å². The first-order chi connectivity index (χ1) is 17.2. The molecule has 0 spiro atoms. The molecule has 0 atom stereocenters. The van der Waals surface area contributed by atoms with Crippen molar-refractivity contribution in [1.29, 1.82) is 0 Å². The van der Waals surface area contributed by atoms with Crippen LogP contribution in [0.5, 0.6) is 5.75 Å². The highest BCUT2D eigenvalue weighted by atomic mass is 32.1. The van der Waals surface area contributed by atoms with Crippen LogP contribution in [0, 0.1) is 5.92 Å². The van der Waals surface area contributed by atoms with Gasteiger partial charge in [0.15, 0.2) is 0 Å². The van der Waals surface area contributed by atoms with E-state index in [-0.39, 0.29) is 5.92 Å². The van der Waals surface area contributed by atoms with Gasteiger partial charge in [0.1, 0.15) is 11.6 Å². The standard InChI is InChI=1S/C27H33N5O2S/c1-34-24-9-5-8-22(18-24)19-25-28-27(35-29-25)32-12-10-23(11-13-32)26(33)31-16-14-30(15-17-31)20-21-6-3-2-4-7-21/h2-9,18,23H,10-17,19-20H2,1H3. The van der Waals surface area contributed by atoms with Crippen molar-refractivity contribution < 1.29 is 9.53 Å². The molecule has 1 aromatic heterocycles. The number of hydrogen-bond acceptors (Lipinski definition) is 7. The molecule has 0 unspecified atom stereocenters. The Hall–Kier alpha value is -2.97. The monoisotopic (exact) mass is 491 g/mol. The summed E-state index contributed by atoms with van der Waals surface area (Å²) in [5, 5.41) is 0.961. The van der Waals surface area contributed by atoms with Crippen LogP contribution in [-0.2, 0) is 17.8 Å². The summed E-state index contributed by atoms with van der Waals surface area (Å²) < 4.78 is 9.89. The number of rotatable bonds is 7. The van der Waals surface area contributed by atoms with Gasteiger partial charge in [0, 0.05) is 69.7 Å². The molecular weight excluding hydrogens is 458 g/mol. The number of methoxy groups -OCH3 is 1. The first-order valence-corrected chi connectivity index (χ1v) is 13.2. The third kappa shape index (κ3) is 6.00. The van der Waals surface area contributed by atoms with E-state index in [1.165, 1.54) is 17.1 Å². The molecule has 0 bridgehead atoms. The van der Waals surface area contributed by atoms with Crippen molar-refractivity contribution in [2.24, 2.45) is 5.92 Å². The summed E-state index contributed by atoms with van der Waals surface area (Å²) in [5.41, 5.74) is 2.48. The number of carbonyl (C=O) groups is 1. The molecule has 8 heteroatoms. The molecule has 3 aromatic rings. The van der Waals surface area contributed by atoms with Gasteiger partial charge in [0.05, 0.1) is 7.11 Å². The van der Waals surface area contributed by atoms with Crippen molar-refractivity contribution >= 4 is 22.6 Å². The zero-order valence-electron chi connectivity index (χ0n) is 20.3. The third-order valence-corrected chi connectivity index (χ3v) is 7.82. The van der Waals surface area contributed by atoms with Crippen molar-refractivity contribution in [2.45, 2.75) is 25.8 Å². The Balaban J connectivity index is 1.08. The molecule has 2 fully saturated rings. The number of anilines is 1. The summed E-state index contributed by atoms with van der Waals surface area (Å²) in [6, 6.07) is 18.6. The van der Waals surface area contributed by atoms with Gasteiger partial charge in [-0.3, -0.25) is 9.69 Å². The third-order valence-electron chi connectivity index (χ3n) is 7.00. The van der Waals surface area contributed by atoms with Crippen LogP contribution in [0.4, 0.5) is 5.13 Å². The highest BCUT2D eigenvalue weighted by Crippen LogP contribution is 2.27. The number of nitrogens with zero attached hydrogens (tertiary/aromatic N) is 5. The zero-order chi connectivity index (χ0) is 24.0. The zero-order valence-corrected chi connectivity index (χ0v) is 21.1. The molecule has 7 nitrogen and oxygen atoms in total. The van der Waals surface area contributed by atoms with Crippen molar-refractivity contribution in [3.63, 3.8) is 0 Å². The second kappa shape index (κ2) is 11.2. The summed E-state index contributed by atoms with van der Waals surface area (Å²) in [6.07, 6.45) is 2.46. The Labute approximate surface area is 211 Å². The van der Waals surface area contributed by atoms with Crippen molar-refractivity contribution in [2.75, 3.05) is 51.3 Å². The quantitative estimate of drug-likeness (QED) is 0.502. The van der Waals surface area contributed by atoms with E-state index in [0.717, 1.165) is 80.9 Å². The van der Waals surface area contributed by atoms with Crippen LogP contribution in [-0.4, -0.2) is 71.4 Å². The summed E-state index contributed by atoms with van der Waals surface area (Å²) in [4.78, 5) is 24.8. The maximum Gasteiger partial charge on any atom is 0.225 e. The van der Waals surface area contributed by atoms with Crippen molar-refractivity contribution in [1.82, 2.24) is 19.2 Å². The molecule has 184 valence electrons. The van der Waals surface area contributed by atoms with Gasteiger partial charge in [-0.05, 0) is 36.1 Å². The van der Waals surface area contributed by atoms with Crippen molar-refractivity contribution in [3.05, 3.63) is 71.5 Å². The van der Waals surface area contributed by atoms with Crippen LogP contribution in [0.3, 0.4) is 0 Å². The Morgan fingerprint density at radius 1 is 0.971 bits per heavy atom. The molecule has 0 N–H and O–H groups in total. The van der Waals surface area contributed by atoms with E-state index in [0.29, 0.717) is 12.3 Å². The predicted molar refractivity (Wildman–Crippen MR) is 139 cm³/mol. The van der Waals surface area contributed by atoms with E-state index in [4.69, 9.17) is 9.72 Å². The molecule has 0 aliphatic carbocycles. The number of piperazine rings is 1. The molecule has 0 radical (unpaired) electrons. The van der Waals surface area contributed by atoms with E-state index in [1.54, 1.807) is 7.11 Å². The number of piperidine rings is 1. The van der Waals surface area contributed by atoms with Crippen LogP contribution >= 0.6 is 11.5 Å². The fourth-order valence-electron chi connectivity index (χ4n) is 4.95. The molecule has 2 aliphatic heterocycles. The molecule has 0 saturated carbocycles. The van der Waals surface area contributed by atoms with Crippen LogP contribution in [0.1, 0.15) is 29.8 Å². The number of amides is 1. The number of carbonyl (C=O) groups excluding carboxylic acids is 1. The van der Waals surface area contributed by atoms with E-state index < -0.39 is 0 Å². The lowest BCUT2D eigenvalue weighted by Gasteiger charge is -2.38. The molecule has 3 heterocycles. The topological polar surface area (TPSA) is 61.8 Å². The maximum absolute atomic E-state index is 13.2. The van der Waals surface area contributed by atoms with Gasteiger partial charge in [-0.25, -0.2) is 4.98 Å². The van der Waals surface area contributed by atoms with Crippen LogP contribution in [0.25, 0.3) is 0 Å². The summed E-state index contributed by atoms with van der Waals surface area (Å²) >= 11 is 1.46. The van der Waals surface area contributed by atoms with E-state index >= 15 is 0 Å². The Bertz CT molecular complexity index is 1110. The summed E-state index contributed by atoms with van der Waals surface area (Å²) in [6.45, 7) is 6.23. The van der Waals surface area contributed by atoms with E-state index in [1.807, 2.05) is 18.2 Å². The van der Waals surface area contributed by atoms with Crippen LogP contribution in [0.15, 0.2) is 54.6 Å². The number of aromatic nitrogens is 2. The van der Waals surface area contributed by atoms with Gasteiger partial charge in [-0.1, -0.05) is 42.5 Å². The van der Waals surface area contributed by atoms with E-state index in [9.17, 15) is 4.79 Å². The van der Waals surface area contributed by atoms with Crippen molar-refractivity contribution in [3.8, 4) is 5.75 Å². The van der Waals surface area contributed by atoms with Gasteiger partial charge in [0.2, 0.25) is 11.0 Å². The van der Waals surface area contributed by atoms with Crippen LogP contribution in [0.2, 0.25) is 0 Å². The molecule has 2 aliphatic rings. The first kappa shape index (κ1) is 23.8. The van der Waals surface area contributed by atoms with Gasteiger partial charge in [-0.2, -0.15) is 4.37 Å². The Morgan fingerprint density at radius 3 is 2.46 bits per heavy atom. The number of benzene rings is 2. The Morgan fingerprint density at radius 2 is 1.71 bits per heavy atom. The molecule has 5 rings (SSSR count). The second-order valence-corrected chi connectivity index (χ2v) is 10.1. The minimum atomic E-state index is 0.121. The summed E-state index contributed by atoms with van der Waals surface area (Å²) in [7, 11) is 1.68. The van der Waals surface area contributed by atoms with Gasteiger partial charge in [-0.15, -0.1) is 0 Å². The highest BCUT2D eigenvalue weighted by Gasteiger charge is 2.31. The fraction of sp³-hybridized carbons (Fsp3) is 0.444. The predicted octanol–water partition coefficient (Wildman–Crippen LogP) is 3.70. The lowest BCUT2D eigenvalue weighted by molar-refractivity contribution is -0.138. The lowest BCUT2D eigenvalue weighted by Crippen LogP contribution is -2.51. The van der Waals surface area contributed by atoms with Gasteiger partial charge >= 0.3 is 0 Å². The normalized spacial score (nSPS) is 17.5. The van der Waals surface area contributed by atoms with Crippen LogP contribution < -0.4 is 9.64 Å². The second-order valence-electron chi connectivity index (χ2n) is 9.37.